The van der Waals surface area contributed by atoms with Crippen molar-refractivity contribution in [2.75, 3.05) is 33.2 Å². The lowest BCUT2D eigenvalue weighted by Crippen LogP contribution is -2.42. The summed E-state index contributed by atoms with van der Waals surface area (Å²) < 4.78 is 5.80. The Kier molecular flexibility index (Phi) is 9.20. The largest absolute Gasteiger partial charge is 0.443 e. The van der Waals surface area contributed by atoms with Crippen LogP contribution in [0.3, 0.4) is 0 Å². The van der Waals surface area contributed by atoms with Crippen molar-refractivity contribution in [2.24, 2.45) is 10.9 Å². The number of hydrogen-bond acceptors (Lipinski definition) is 4. The molecule has 0 aliphatic carbocycles. The van der Waals surface area contributed by atoms with E-state index in [-0.39, 0.29) is 29.4 Å². The molecule has 7 heteroatoms. The Bertz CT molecular complexity index is 530. The van der Waals surface area contributed by atoms with Crippen LogP contribution in [0.4, 0.5) is 0 Å². The number of nitrogens with one attached hydrogen (secondary N) is 2. The molecule has 2 N–H and O–H groups in total. The zero-order chi connectivity index (χ0) is 17.6. The van der Waals surface area contributed by atoms with Crippen molar-refractivity contribution in [3.8, 4) is 0 Å². The van der Waals surface area contributed by atoms with Gasteiger partial charge in [-0.25, -0.2) is 9.98 Å². The summed E-state index contributed by atoms with van der Waals surface area (Å²) in [5, 5.41) is 6.76. The second kappa shape index (κ2) is 10.4. The second-order valence-corrected chi connectivity index (χ2v) is 7.69. The van der Waals surface area contributed by atoms with Gasteiger partial charge in [0.2, 0.25) is 5.89 Å². The highest BCUT2D eigenvalue weighted by molar-refractivity contribution is 14.0. The molecule has 0 atom stereocenters. The molecule has 144 valence electrons. The number of aliphatic imine (C=N–C) groups is 1. The van der Waals surface area contributed by atoms with Gasteiger partial charge in [0.1, 0.15) is 12.3 Å². The minimum absolute atomic E-state index is 0. The number of nitrogens with zero attached hydrogens (tertiary/aromatic N) is 3. The van der Waals surface area contributed by atoms with E-state index in [9.17, 15) is 0 Å². The predicted molar refractivity (Wildman–Crippen MR) is 114 cm³/mol. The summed E-state index contributed by atoms with van der Waals surface area (Å²) in [6.45, 7) is 13.1. The van der Waals surface area contributed by atoms with Crippen LogP contribution in [0.25, 0.3) is 0 Å². The third-order valence-electron chi connectivity index (χ3n) is 4.41. The van der Waals surface area contributed by atoms with Crippen molar-refractivity contribution >= 4 is 29.9 Å². The number of hydrogen-bond donors (Lipinski definition) is 2. The van der Waals surface area contributed by atoms with E-state index in [2.05, 4.69) is 60.3 Å². The molecule has 1 aromatic heterocycles. The Morgan fingerprint density at radius 3 is 2.56 bits per heavy atom. The highest BCUT2D eigenvalue weighted by Crippen LogP contribution is 2.22. The zero-order valence-corrected chi connectivity index (χ0v) is 18.6. The lowest BCUT2D eigenvalue weighted by Gasteiger charge is -2.29. The summed E-state index contributed by atoms with van der Waals surface area (Å²) in [4.78, 5) is 11.3. The monoisotopic (exact) mass is 463 g/mol. The first kappa shape index (κ1) is 22.2. The van der Waals surface area contributed by atoms with Crippen LogP contribution in [0.5, 0.6) is 0 Å². The van der Waals surface area contributed by atoms with Gasteiger partial charge in [0.05, 0.1) is 6.20 Å². The highest BCUT2D eigenvalue weighted by Gasteiger charge is 2.19. The molecule has 1 saturated heterocycles. The van der Waals surface area contributed by atoms with Crippen LogP contribution in [-0.4, -0.2) is 49.1 Å². The summed E-state index contributed by atoms with van der Waals surface area (Å²) in [5.41, 5.74) is -0.0220. The van der Waals surface area contributed by atoms with E-state index in [4.69, 9.17) is 4.42 Å². The molecule has 0 aromatic carbocycles. The molecule has 0 bridgehead atoms. The smallest absolute Gasteiger partial charge is 0.216 e. The highest BCUT2D eigenvalue weighted by atomic mass is 127. The summed E-state index contributed by atoms with van der Waals surface area (Å²) in [6.07, 6.45) is 4.30. The van der Waals surface area contributed by atoms with Crippen molar-refractivity contribution in [3.05, 3.63) is 17.8 Å². The van der Waals surface area contributed by atoms with Crippen molar-refractivity contribution in [1.29, 1.82) is 0 Å². The maximum Gasteiger partial charge on any atom is 0.216 e. The molecule has 0 saturated carbocycles. The fourth-order valence-electron chi connectivity index (χ4n) is 2.73. The van der Waals surface area contributed by atoms with Gasteiger partial charge in [-0.3, -0.25) is 0 Å². The quantitative estimate of drug-likeness (QED) is 0.400. The van der Waals surface area contributed by atoms with E-state index in [1.54, 1.807) is 0 Å². The van der Waals surface area contributed by atoms with Crippen LogP contribution in [0, 0.1) is 5.92 Å². The summed E-state index contributed by atoms with van der Waals surface area (Å²) >= 11 is 0. The van der Waals surface area contributed by atoms with Gasteiger partial charge < -0.3 is 20.0 Å². The molecule has 25 heavy (non-hydrogen) atoms. The first-order chi connectivity index (χ1) is 11.4. The summed E-state index contributed by atoms with van der Waals surface area (Å²) in [6, 6.07) is 0. The van der Waals surface area contributed by atoms with Crippen LogP contribution in [0.1, 0.15) is 52.2 Å². The fraction of sp³-hybridized carbons (Fsp3) is 0.778. The SMILES string of the molecule is CCNC(=NCc1ncc(C(C)(C)C)o1)NCC1CCN(C)CC1.I. The molecule has 1 aromatic rings. The zero-order valence-electron chi connectivity index (χ0n) is 16.3. The van der Waals surface area contributed by atoms with Crippen LogP contribution >= 0.6 is 24.0 Å². The lowest BCUT2D eigenvalue weighted by atomic mass is 9.94. The number of halogens is 1. The molecule has 0 unspecified atom stereocenters. The molecule has 1 fully saturated rings. The topological polar surface area (TPSA) is 65.7 Å². The Hall–Kier alpha value is -0.830. The average Bonchev–Trinajstić information content (AvgIpc) is 3.01. The average molecular weight is 463 g/mol. The molecule has 2 heterocycles. The minimum atomic E-state index is -0.0220. The van der Waals surface area contributed by atoms with E-state index in [0.29, 0.717) is 12.4 Å². The Labute approximate surface area is 169 Å². The van der Waals surface area contributed by atoms with Gasteiger partial charge in [-0.2, -0.15) is 0 Å². The lowest BCUT2D eigenvalue weighted by molar-refractivity contribution is 0.220. The van der Waals surface area contributed by atoms with E-state index >= 15 is 0 Å². The van der Waals surface area contributed by atoms with Crippen LogP contribution < -0.4 is 10.6 Å². The minimum Gasteiger partial charge on any atom is -0.443 e. The third kappa shape index (κ3) is 7.52. The van der Waals surface area contributed by atoms with E-state index in [0.717, 1.165) is 30.7 Å². The van der Waals surface area contributed by atoms with Gasteiger partial charge in [-0.05, 0) is 45.8 Å². The van der Waals surface area contributed by atoms with Crippen molar-refractivity contribution in [2.45, 2.75) is 52.5 Å². The number of oxazole rings is 1. The number of likely N-dealkylation sites (tertiary alicyclic amines) is 1. The maximum atomic E-state index is 5.80. The predicted octanol–water partition coefficient (Wildman–Crippen LogP) is 2.99. The molecule has 2 rings (SSSR count). The van der Waals surface area contributed by atoms with Crippen molar-refractivity contribution in [1.82, 2.24) is 20.5 Å². The Balaban J connectivity index is 0.00000312. The summed E-state index contributed by atoms with van der Waals surface area (Å²) in [5.74, 6) is 3.12. The first-order valence-electron chi connectivity index (χ1n) is 9.04. The summed E-state index contributed by atoms with van der Waals surface area (Å²) in [7, 11) is 2.19. The van der Waals surface area contributed by atoms with Crippen molar-refractivity contribution < 1.29 is 4.42 Å². The normalized spacial score (nSPS) is 17.2. The Morgan fingerprint density at radius 2 is 2.00 bits per heavy atom. The van der Waals surface area contributed by atoms with E-state index in [1.807, 2.05) is 6.20 Å². The number of guanidine groups is 1. The van der Waals surface area contributed by atoms with Gasteiger partial charge in [0.25, 0.3) is 0 Å². The molecule has 0 amide bonds. The molecule has 1 aliphatic rings. The molecule has 1 aliphatic heterocycles. The molecular formula is C18H34IN5O. The number of aromatic nitrogens is 1. The molecular weight excluding hydrogens is 429 g/mol. The maximum absolute atomic E-state index is 5.80. The number of rotatable bonds is 5. The molecule has 0 radical (unpaired) electrons. The van der Waals surface area contributed by atoms with Gasteiger partial charge in [0, 0.05) is 18.5 Å². The van der Waals surface area contributed by atoms with E-state index in [1.165, 1.54) is 25.9 Å². The second-order valence-electron chi connectivity index (χ2n) is 7.69. The van der Waals surface area contributed by atoms with Crippen LogP contribution in [0.2, 0.25) is 0 Å². The number of piperidine rings is 1. The Morgan fingerprint density at radius 1 is 1.32 bits per heavy atom. The first-order valence-corrected chi connectivity index (χ1v) is 9.04. The van der Waals surface area contributed by atoms with Crippen molar-refractivity contribution in [3.63, 3.8) is 0 Å². The fourth-order valence-corrected chi connectivity index (χ4v) is 2.73. The van der Waals surface area contributed by atoms with Crippen LogP contribution in [0.15, 0.2) is 15.6 Å². The van der Waals surface area contributed by atoms with Crippen LogP contribution in [-0.2, 0) is 12.0 Å². The van der Waals surface area contributed by atoms with Gasteiger partial charge >= 0.3 is 0 Å². The standard InChI is InChI=1S/C18H33N5O.HI/c1-6-19-17(21-11-14-7-9-23(5)10-8-14)22-13-16-20-12-15(24-16)18(2,3)4;/h12,14H,6-11,13H2,1-5H3,(H2,19,21,22);1H. The molecule has 6 nitrogen and oxygen atoms in total. The van der Waals surface area contributed by atoms with Gasteiger partial charge in [-0.15, -0.1) is 24.0 Å². The van der Waals surface area contributed by atoms with Gasteiger partial charge in [0.15, 0.2) is 5.96 Å². The molecule has 0 spiro atoms. The van der Waals surface area contributed by atoms with Gasteiger partial charge in [-0.1, -0.05) is 20.8 Å². The van der Waals surface area contributed by atoms with E-state index < -0.39 is 0 Å². The third-order valence-corrected chi connectivity index (χ3v) is 4.41.